The highest BCUT2D eigenvalue weighted by Gasteiger charge is 2.52. The highest BCUT2D eigenvalue weighted by molar-refractivity contribution is 7.99. The summed E-state index contributed by atoms with van der Waals surface area (Å²) in [4.78, 5) is 18.3. The molecule has 0 atom stereocenters. The number of hydrogen-bond acceptors (Lipinski definition) is 4. The smallest absolute Gasteiger partial charge is 0.164 e. The van der Waals surface area contributed by atoms with E-state index >= 15 is 0 Å². The first-order valence-corrected chi connectivity index (χ1v) is 22.3. The molecule has 1 aliphatic heterocycles. The number of aromatic nitrogens is 3. The van der Waals surface area contributed by atoms with Gasteiger partial charge in [0.2, 0.25) is 0 Å². The van der Waals surface area contributed by atoms with Gasteiger partial charge in [0, 0.05) is 37.3 Å². The van der Waals surface area contributed by atoms with Gasteiger partial charge in [0.05, 0.1) is 5.41 Å². The maximum absolute atomic E-state index is 5.30. The summed E-state index contributed by atoms with van der Waals surface area (Å²) in [6.45, 7) is 9.44. The van der Waals surface area contributed by atoms with E-state index in [-0.39, 0.29) is 10.8 Å². The van der Waals surface area contributed by atoms with E-state index in [1.54, 1.807) is 0 Å². The van der Waals surface area contributed by atoms with E-state index in [2.05, 4.69) is 198 Å². The van der Waals surface area contributed by atoms with Crippen LogP contribution in [0, 0.1) is 0 Å². The van der Waals surface area contributed by atoms with Gasteiger partial charge in [0.15, 0.2) is 17.5 Å². The van der Waals surface area contributed by atoms with E-state index in [4.69, 9.17) is 15.0 Å². The largest absolute Gasteiger partial charge is 0.208 e. The van der Waals surface area contributed by atoms with Crippen molar-refractivity contribution in [1.29, 1.82) is 0 Å². The van der Waals surface area contributed by atoms with E-state index in [0.717, 1.165) is 22.3 Å². The molecular formula is C58H43N3S. The predicted molar refractivity (Wildman–Crippen MR) is 254 cm³/mol. The van der Waals surface area contributed by atoms with Crippen molar-refractivity contribution in [3.63, 3.8) is 0 Å². The Morgan fingerprint density at radius 1 is 0.323 bits per heavy atom. The molecule has 3 nitrogen and oxygen atoms in total. The molecule has 12 rings (SSSR count). The first-order valence-electron chi connectivity index (χ1n) is 21.5. The Labute approximate surface area is 367 Å². The van der Waals surface area contributed by atoms with Crippen molar-refractivity contribution in [2.45, 2.75) is 53.7 Å². The average Bonchev–Trinajstić information content (AvgIpc) is 3.55. The Bertz CT molecular complexity index is 3240. The lowest BCUT2D eigenvalue weighted by Crippen LogP contribution is -2.43. The maximum atomic E-state index is 5.30. The summed E-state index contributed by atoms with van der Waals surface area (Å²) in [7, 11) is 0. The molecule has 0 saturated carbocycles. The average molecular weight is 814 g/mol. The fourth-order valence-corrected chi connectivity index (χ4v) is 12.2. The standard InChI is InChI=1S/C58H43N3S/c1-56(2)43-24-9-8-22-41(43)42-33-32-39(35-49(42)56)55-60-53(36-18-6-5-7-19-36)59-54(61-55)38-21-16-20-37(34-38)40-23-17-29-48-52(40)57(3,4)44-25-10-11-26-45(44)58(48)46-27-12-14-30-50(46)62-51-31-15-13-28-47(51)58/h5-35H,1-4H3. The quantitative estimate of drug-likeness (QED) is 0.177. The number of rotatable bonds is 4. The van der Waals surface area contributed by atoms with Gasteiger partial charge in [-0.15, -0.1) is 0 Å². The zero-order valence-electron chi connectivity index (χ0n) is 35.1. The lowest BCUT2D eigenvalue weighted by atomic mass is 9.53. The second-order valence-electron chi connectivity index (χ2n) is 17.9. The van der Waals surface area contributed by atoms with Gasteiger partial charge in [0.25, 0.3) is 0 Å². The predicted octanol–water partition coefficient (Wildman–Crippen LogP) is 14.3. The van der Waals surface area contributed by atoms with Crippen molar-refractivity contribution in [1.82, 2.24) is 15.0 Å². The fourth-order valence-electron chi connectivity index (χ4n) is 11.0. The summed E-state index contributed by atoms with van der Waals surface area (Å²) in [6.07, 6.45) is 0. The number of fused-ring (bicyclic) bond motifs is 11. The van der Waals surface area contributed by atoms with Gasteiger partial charge in [0.1, 0.15) is 0 Å². The Kier molecular flexibility index (Phi) is 8.08. The minimum Gasteiger partial charge on any atom is -0.208 e. The molecule has 0 saturated heterocycles. The third-order valence-electron chi connectivity index (χ3n) is 13.8. The molecule has 0 amide bonds. The van der Waals surface area contributed by atoms with Crippen molar-refractivity contribution in [3.05, 3.63) is 233 Å². The fraction of sp³-hybridized carbons (Fsp3) is 0.121. The van der Waals surface area contributed by atoms with Crippen LogP contribution in [0.2, 0.25) is 0 Å². The van der Waals surface area contributed by atoms with Crippen LogP contribution in [0.3, 0.4) is 0 Å². The minimum atomic E-state index is -0.493. The van der Waals surface area contributed by atoms with Gasteiger partial charge in [-0.3, -0.25) is 0 Å². The zero-order valence-corrected chi connectivity index (χ0v) is 36.0. The van der Waals surface area contributed by atoms with Crippen molar-refractivity contribution >= 4 is 11.8 Å². The highest BCUT2D eigenvalue weighted by atomic mass is 32.2. The van der Waals surface area contributed by atoms with E-state index in [1.807, 2.05) is 30.0 Å². The molecule has 2 heterocycles. The third kappa shape index (κ3) is 5.23. The molecule has 62 heavy (non-hydrogen) atoms. The maximum Gasteiger partial charge on any atom is 0.164 e. The molecule has 0 unspecified atom stereocenters. The third-order valence-corrected chi connectivity index (χ3v) is 15.0. The lowest BCUT2D eigenvalue weighted by Gasteiger charge is -2.51. The Morgan fingerprint density at radius 3 is 1.52 bits per heavy atom. The minimum absolute atomic E-state index is 0.142. The molecule has 0 bridgehead atoms. The Morgan fingerprint density at radius 2 is 0.806 bits per heavy atom. The molecule has 8 aromatic carbocycles. The van der Waals surface area contributed by atoms with Crippen molar-refractivity contribution in [2.24, 2.45) is 0 Å². The summed E-state index contributed by atoms with van der Waals surface area (Å²) in [5.74, 6) is 1.97. The van der Waals surface area contributed by atoms with Crippen LogP contribution >= 0.6 is 11.8 Å². The van der Waals surface area contributed by atoms with E-state index in [0.29, 0.717) is 17.5 Å². The van der Waals surface area contributed by atoms with E-state index in [9.17, 15) is 0 Å². The number of nitrogens with zero attached hydrogens (tertiary/aromatic N) is 3. The molecular weight excluding hydrogens is 771 g/mol. The lowest BCUT2D eigenvalue weighted by molar-refractivity contribution is 0.550. The zero-order chi connectivity index (χ0) is 41.8. The molecule has 1 spiro atoms. The van der Waals surface area contributed by atoms with Crippen LogP contribution in [0.4, 0.5) is 0 Å². The summed E-state index contributed by atoms with van der Waals surface area (Å²) in [5.41, 5.74) is 17.6. The molecule has 9 aromatic rings. The van der Waals surface area contributed by atoms with Gasteiger partial charge in [-0.25, -0.2) is 15.0 Å². The number of benzene rings is 8. The molecule has 0 fully saturated rings. The van der Waals surface area contributed by atoms with Crippen LogP contribution in [0.15, 0.2) is 198 Å². The van der Waals surface area contributed by atoms with Crippen LogP contribution in [0.25, 0.3) is 56.4 Å². The van der Waals surface area contributed by atoms with Gasteiger partial charge in [-0.05, 0) is 91.0 Å². The van der Waals surface area contributed by atoms with Crippen LogP contribution < -0.4 is 0 Å². The van der Waals surface area contributed by atoms with Crippen molar-refractivity contribution in [2.75, 3.05) is 0 Å². The normalized spacial score (nSPS) is 15.4. The monoisotopic (exact) mass is 813 g/mol. The Balaban J connectivity index is 1.06. The molecule has 1 aromatic heterocycles. The molecule has 0 N–H and O–H groups in total. The van der Waals surface area contributed by atoms with Gasteiger partial charge in [-0.1, -0.05) is 203 Å². The molecule has 296 valence electrons. The summed E-state index contributed by atoms with van der Waals surface area (Å²) in [5, 5.41) is 0. The van der Waals surface area contributed by atoms with Crippen LogP contribution in [-0.2, 0) is 16.2 Å². The Hall–Kier alpha value is -6.88. The topological polar surface area (TPSA) is 38.7 Å². The van der Waals surface area contributed by atoms with Crippen molar-refractivity contribution in [3.8, 4) is 56.4 Å². The second kappa shape index (κ2) is 13.6. The van der Waals surface area contributed by atoms with Gasteiger partial charge >= 0.3 is 0 Å². The first kappa shape index (κ1) is 36.9. The van der Waals surface area contributed by atoms with E-state index < -0.39 is 5.41 Å². The summed E-state index contributed by atoms with van der Waals surface area (Å²) < 4.78 is 0. The summed E-state index contributed by atoms with van der Waals surface area (Å²) in [6, 6.07) is 68.8. The van der Waals surface area contributed by atoms with Crippen LogP contribution in [0.1, 0.15) is 72.2 Å². The SMILES string of the molecule is CC1(C)c2ccccc2-c2ccc(-c3nc(-c4ccccc4)nc(-c4cccc(-c5cccc6c5C(C)(C)c5ccccc5C65c6ccccc6Sc6ccccc65)c4)n3)cc21. The summed E-state index contributed by atoms with van der Waals surface area (Å²) >= 11 is 1.88. The van der Waals surface area contributed by atoms with Crippen LogP contribution in [-0.4, -0.2) is 15.0 Å². The molecule has 4 heteroatoms. The molecule has 2 aliphatic carbocycles. The molecule has 0 radical (unpaired) electrons. The highest BCUT2D eigenvalue weighted by Crippen LogP contribution is 2.62. The van der Waals surface area contributed by atoms with Crippen molar-refractivity contribution < 1.29 is 0 Å². The van der Waals surface area contributed by atoms with Gasteiger partial charge < -0.3 is 0 Å². The molecule has 3 aliphatic rings. The first-order chi connectivity index (χ1) is 30.2. The van der Waals surface area contributed by atoms with E-state index in [1.165, 1.54) is 71.0 Å². The van der Waals surface area contributed by atoms with Gasteiger partial charge in [-0.2, -0.15) is 0 Å². The second-order valence-corrected chi connectivity index (χ2v) is 19.0. The van der Waals surface area contributed by atoms with Crippen LogP contribution in [0.5, 0.6) is 0 Å². The number of hydrogen-bond donors (Lipinski definition) is 0.